The summed E-state index contributed by atoms with van der Waals surface area (Å²) in [5.41, 5.74) is 1.12. The Morgan fingerprint density at radius 3 is 2.65 bits per heavy atom. The Morgan fingerprint density at radius 1 is 1.35 bits per heavy atom. The zero-order valence-electron chi connectivity index (χ0n) is 14.0. The fourth-order valence-corrected chi connectivity index (χ4v) is 4.97. The third kappa shape index (κ3) is 4.06. The van der Waals surface area contributed by atoms with Crippen LogP contribution in [0.2, 0.25) is 0 Å². The van der Waals surface area contributed by atoms with E-state index in [1.165, 1.54) is 23.5 Å². The summed E-state index contributed by atoms with van der Waals surface area (Å²) >= 11 is 1.18. The molecular formula is C16H19ClFN3O3S2. The lowest BCUT2D eigenvalue weighted by molar-refractivity contribution is -0.119. The minimum atomic E-state index is -3.58. The highest BCUT2D eigenvalue weighted by Crippen LogP contribution is 2.31. The van der Waals surface area contributed by atoms with Crippen molar-refractivity contribution in [2.24, 2.45) is 0 Å². The molecule has 0 radical (unpaired) electrons. The molecular weight excluding hydrogens is 401 g/mol. The molecule has 1 saturated heterocycles. The quantitative estimate of drug-likeness (QED) is 0.794. The van der Waals surface area contributed by atoms with Gasteiger partial charge in [0.1, 0.15) is 5.82 Å². The molecule has 6 nitrogen and oxygen atoms in total. The van der Waals surface area contributed by atoms with Gasteiger partial charge in [0.05, 0.1) is 5.69 Å². The summed E-state index contributed by atoms with van der Waals surface area (Å²) in [5, 5.41) is 7.69. The second-order valence-corrected chi connectivity index (χ2v) is 9.20. The molecule has 2 heterocycles. The molecule has 1 aliphatic heterocycles. The standard InChI is InChI=1S/C16H18FN3O3S2.ClH/c1-25(22,23)16(5-7-18-8-6-16)14(21)20-15-19-13(10-24-15)11-3-2-4-12(17)9-11;/h2-4,9-10,18H,5-8H2,1H3,(H,19,20,21);1H. The van der Waals surface area contributed by atoms with Crippen LogP contribution in [-0.2, 0) is 14.6 Å². The van der Waals surface area contributed by atoms with Gasteiger partial charge in [-0.3, -0.25) is 4.79 Å². The summed E-state index contributed by atoms with van der Waals surface area (Å²) in [4.78, 5) is 17.0. The van der Waals surface area contributed by atoms with Gasteiger partial charge in [0.25, 0.3) is 0 Å². The number of nitrogens with zero attached hydrogens (tertiary/aromatic N) is 1. The number of piperidine rings is 1. The van der Waals surface area contributed by atoms with E-state index in [0.717, 1.165) is 6.26 Å². The highest BCUT2D eigenvalue weighted by Gasteiger charge is 2.48. The molecule has 2 aromatic rings. The molecule has 1 aromatic heterocycles. The topological polar surface area (TPSA) is 88.2 Å². The van der Waals surface area contributed by atoms with Gasteiger partial charge in [-0.15, -0.1) is 23.7 Å². The van der Waals surface area contributed by atoms with Crippen LogP contribution < -0.4 is 10.6 Å². The number of amides is 1. The van der Waals surface area contributed by atoms with E-state index in [0.29, 0.717) is 29.5 Å². The van der Waals surface area contributed by atoms with Crippen LogP contribution in [0.1, 0.15) is 12.8 Å². The second kappa shape index (κ2) is 7.99. The number of nitrogens with one attached hydrogen (secondary N) is 2. The van der Waals surface area contributed by atoms with Crippen molar-refractivity contribution < 1.29 is 17.6 Å². The minimum absolute atomic E-state index is 0. The minimum Gasteiger partial charge on any atom is -0.317 e. The van der Waals surface area contributed by atoms with Crippen molar-refractivity contribution in [1.82, 2.24) is 10.3 Å². The maximum Gasteiger partial charge on any atom is 0.247 e. The number of rotatable bonds is 4. The number of thiazole rings is 1. The van der Waals surface area contributed by atoms with Crippen LogP contribution in [0.4, 0.5) is 9.52 Å². The molecule has 0 aliphatic carbocycles. The lowest BCUT2D eigenvalue weighted by Gasteiger charge is -2.33. The van der Waals surface area contributed by atoms with Gasteiger partial charge in [-0.25, -0.2) is 17.8 Å². The van der Waals surface area contributed by atoms with Gasteiger partial charge in [0.15, 0.2) is 19.7 Å². The molecule has 1 aliphatic rings. The highest BCUT2D eigenvalue weighted by molar-refractivity contribution is 7.92. The van der Waals surface area contributed by atoms with Crippen molar-refractivity contribution in [1.29, 1.82) is 0 Å². The Labute approximate surface area is 161 Å². The van der Waals surface area contributed by atoms with E-state index < -0.39 is 20.5 Å². The number of aromatic nitrogens is 1. The molecule has 26 heavy (non-hydrogen) atoms. The number of anilines is 1. The number of hydrogen-bond acceptors (Lipinski definition) is 6. The van der Waals surface area contributed by atoms with Crippen molar-refractivity contribution in [2.75, 3.05) is 24.7 Å². The van der Waals surface area contributed by atoms with E-state index in [4.69, 9.17) is 0 Å². The molecule has 1 fully saturated rings. The first kappa shape index (κ1) is 20.8. The number of halogens is 2. The highest BCUT2D eigenvalue weighted by atomic mass is 35.5. The molecule has 0 saturated carbocycles. The van der Waals surface area contributed by atoms with Crippen molar-refractivity contribution in [3.63, 3.8) is 0 Å². The Bertz CT molecular complexity index is 896. The van der Waals surface area contributed by atoms with Gasteiger partial charge in [0, 0.05) is 17.2 Å². The molecule has 0 unspecified atom stereocenters. The fourth-order valence-electron chi connectivity index (χ4n) is 2.92. The van der Waals surface area contributed by atoms with Crippen LogP contribution in [0.15, 0.2) is 29.6 Å². The van der Waals surface area contributed by atoms with Crippen LogP contribution in [0, 0.1) is 5.82 Å². The van der Waals surface area contributed by atoms with E-state index in [1.807, 2.05) is 0 Å². The summed E-state index contributed by atoms with van der Waals surface area (Å²) in [7, 11) is -3.58. The maximum atomic E-state index is 13.3. The van der Waals surface area contributed by atoms with Gasteiger partial charge in [-0.2, -0.15) is 0 Å². The lowest BCUT2D eigenvalue weighted by atomic mass is 9.96. The fraction of sp³-hybridized carbons (Fsp3) is 0.375. The second-order valence-electron chi connectivity index (χ2n) is 6.02. The summed E-state index contributed by atoms with van der Waals surface area (Å²) < 4.78 is 36.4. The van der Waals surface area contributed by atoms with Crippen molar-refractivity contribution in [3.05, 3.63) is 35.5 Å². The monoisotopic (exact) mass is 419 g/mol. The van der Waals surface area contributed by atoms with Crippen LogP contribution in [0.5, 0.6) is 0 Å². The van der Waals surface area contributed by atoms with Gasteiger partial charge < -0.3 is 10.6 Å². The predicted octanol–water partition coefficient (Wildman–Crippen LogP) is 2.48. The Balaban J connectivity index is 0.00000243. The SMILES string of the molecule is CS(=O)(=O)C1(C(=O)Nc2nc(-c3cccc(F)c3)cs2)CCNCC1.Cl. The van der Waals surface area contributed by atoms with Crippen molar-refractivity contribution in [3.8, 4) is 11.3 Å². The predicted molar refractivity (Wildman–Crippen MR) is 103 cm³/mol. The van der Waals surface area contributed by atoms with Crippen LogP contribution >= 0.6 is 23.7 Å². The summed E-state index contributed by atoms with van der Waals surface area (Å²) in [6.07, 6.45) is 1.54. The normalized spacial score (nSPS) is 16.5. The Hall–Kier alpha value is -1.55. The number of carbonyl (C=O) groups is 1. The van der Waals surface area contributed by atoms with Gasteiger partial charge in [-0.05, 0) is 38.1 Å². The van der Waals surface area contributed by atoms with Gasteiger partial charge in [0.2, 0.25) is 5.91 Å². The van der Waals surface area contributed by atoms with Crippen LogP contribution in [0.25, 0.3) is 11.3 Å². The van der Waals surface area contributed by atoms with Crippen molar-refractivity contribution >= 4 is 44.6 Å². The largest absolute Gasteiger partial charge is 0.317 e. The summed E-state index contributed by atoms with van der Waals surface area (Å²) in [6.45, 7) is 0.930. The molecule has 142 valence electrons. The first-order valence-electron chi connectivity index (χ1n) is 7.75. The van der Waals surface area contributed by atoms with Gasteiger partial charge >= 0.3 is 0 Å². The molecule has 3 rings (SSSR count). The molecule has 2 N–H and O–H groups in total. The number of carbonyl (C=O) groups excluding carboxylic acids is 1. The average Bonchev–Trinajstić information content (AvgIpc) is 3.03. The first-order valence-corrected chi connectivity index (χ1v) is 10.5. The number of sulfone groups is 1. The first-order chi connectivity index (χ1) is 11.8. The molecule has 0 bridgehead atoms. The van der Waals surface area contributed by atoms with Crippen LogP contribution in [0.3, 0.4) is 0 Å². The van der Waals surface area contributed by atoms with E-state index in [-0.39, 0.29) is 31.1 Å². The molecule has 0 atom stereocenters. The Morgan fingerprint density at radius 2 is 2.04 bits per heavy atom. The zero-order valence-corrected chi connectivity index (χ0v) is 16.4. The lowest BCUT2D eigenvalue weighted by Crippen LogP contribution is -2.55. The Kier molecular flexibility index (Phi) is 6.38. The third-order valence-electron chi connectivity index (χ3n) is 4.38. The number of hydrogen-bond donors (Lipinski definition) is 2. The molecule has 10 heteroatoms. The maximum absolute atomic E-state index is 13.3. The summed E-state index contributed by atoms with van der Waals surface area (Å²) in [6, 6.07) is 5.99. The van der Waals surface area contributed by atoms with E-state index in [1.54, 1.807) is 17.5 Å². The number of benzene rings is 1. The molecule has 1 amide bonds. The zero-order chi connectivity index (χ0) is 18.1. The molecule has 0 spiro atoms. The van der Waals surface area contributed by atoms with Gasteiger partial charge in [-0.1, -0.05) is 12.1 Å². The van der Waals surface area contributed by atoms with E-state index >= 15 is 0 Å². The third-order valence-corrected chi connectivity index (χ3v) is 7.15. The van der Waals surface area contributed by atoms with E-state index in [2.05, 4.69) is 15.6 Å². The van der Waals surface area contributed by atoms with E-state index in [9.17, 15) is 17.6 Å². The van der Waals surface area contributed by atoms with Crippen molar-refractivity contribution in [2.45, 2.75) is 17.6 Å². The van der Waals surface area contributed by atoms with Crippen LogP contribution in [-0.4, -0.2) is 43.4 Å². The smallest absolute Gasteiger partial charge is 0.247 e. The summed E-state index contributed by atoms with van der Waals surface area (Å²) in [5.74, 6) is -0.932. The average molecular weight is 420 g/mol. The molecule has 1 aromatic carbocycles.